The Morgan fingerprint density at radius 3 is 2.86 bits per heavy atom. The quantitative estimate of drug-likeness (QED) is 0.654. The van der Waals surface area contributed by atoms with Gasteiger partial charge in [0.1, 0.15) is 16.9 Å². The average molecular weight is 300 g/mol. The third kappa shape index (κ3) is 3.93. The molecule has 0 saturated heterocycles. The van der Waals surface area contributed by atoms with E-state index in [4.69, 9.17) is 0 Å². The average Bonchev–Trinajstić information content (AvgIpc) is 2.48. The standard InChI is InChI=1S/C16H20N4S/c1-4-20-16(3,10-17)9-12(2)21-15-13-7-5-6-8-14(13)18-11-19-15/h5-8,11-12,20H,4,9H2,1-3H3. The lowest BCUT2D eigenvalue weighted by Gasteiger charge is -2.25. The zero-order chi connectivity index (χ0) is 15.3. The Bertz CT molecular complexity index is 647. The first-order valence-electron chi connectivity index (χ1n) is 7.10. The van der Waals surface area contributed by atoms with Gasteiger partial charge in [0.25, 0.3) is 0 Å². The summed E-state index contributed by atoms with van der Waals surface area (Å²) in [5.74, 6) is 0. The minimum Gasteiger partial charge on any atom is -0.300 e. The van der Waals surface area contributed by atoms with Crippen LogP contribution < -0.4 is 5.32 Å². The molecule has 2 unspecified atom stereocenters. The summed E-state index contributed by atoms with van der Waals surface area (Å²) in [5, 5.41) is 14.9. The first-order chi connectivity index (χ1) is 10.1. The van der Waals surface area contributed by atoms with E-state index in [9.17, 15) is 5.26 Å². The van der Waals surface area contributed by atoms with E-state index in [0.29, 0.717) is 0 Å². The van der Waals surface area contributed by atoms with Gasteiger partial charge in [0.05, 0.1) is 11.6 Å². The topological polar surface area (TPSA) is 61.6 Å². The molecule has 0 aliphatic rings. The summed E-state index contributed by atoms with van der Waals surface area (Å²) in [7, 11) is 0. The number of hydrogen-bond donors (Lipinski definition) is 1. The van der Waals surface area contributed by atoms with Gasteiger partial charge in [0, 0.05) is 10.6 Å². The lowest BCUT2D eigenvalue weighted by molar-refractivity contribution is 0.429. The lowest BCUT2D eigenvalue weighted by atomic mass is 9.98. The monoisotopic (exact) mass is 300 g/mol. The highest BCUT2D eigenvalue weighted by Gasteiger charge is 2.26. The van der Waals surface area contributed by atoms with Crippen LogP contribution in [0, 0.1) is 11.3 Å². The number of benzene rings is 1. The van der Waals surface area contributed by atoms with Crippen LogP contribution >= 0.6 is 11.8 Å². The SMILES string of the molecule is CCNC(C)(C#N)CC(C)Sc1ncnc2ccccc12. The molecule has 0 radical (unpaired) electrons. The normalized spacial score (nSPS) is 15.3. The van der Waals surface area contributed by atoms with Crippen LogP contribution in [0.15, 0.2) is 35.6 Å². The summed E-state index contributed by atoms with van der Waals surface area (Å²) in [6.45, 7) is 6.89. The van der Waals surface area contributed by atoms with Crippen LogP contribution in [0.2, 0.25) is 0 Å². The van der Waals surface area contributed by atoms with Gasteiger partial charge in [-0.3, -0.25) is 5.32 Å². The first kappa shape index (κ1) is 15.7. The van der Waals surface area contributed by atoms with Crippen molar-refractivity contribution in [1.29, 1.82) is 5.26 Å². The number of nitriles is 1. The van der Waals surface area contributed by atoms with Crippen molar-refractivity contribution >= 4 is 22.7 Å². The predicted molar refractivity (Wildman–Crippen MR) is 87.2 cm³/mol. The highest BCUT2D eigenvalue weighted by Crippen LogP contribution is 2.31. The first-order valence-corrected chi connectivity index (χ1v) is 7.98. The number of aromatic nitrogens is 2. The van der Waals surface area contributed by atoms with Crippen LogP contribution in [0.4, 0.5) is 0 Å². The maximum atomic E-state index is 9.36. The highest BCUT2D eigenvalue weighted by molar-refractivity contribution is 8.00. The number of nitrogens with zero attached hydrogens (tertiary/aromatic N) is 3. The van der Waals surface area contributed by atoms with E-state index in [2.05, 4.69) is 28.3 Å². The van der Waals surface area contributed by atoms with E-state index in [1.165, 1.54) is 0 Å². The molecule has 4 nitrogen and oxygen atoms in total. The minimum absolute atomic E-state index is 0.284. The summed E-state index contributed by atoms with van der Waals surface area (Å²) in [4.78, 5) is 8.68. The summed E-state index contributed by atoms with van der Waals surface area (Å²) in [6.07, 6.45) is 2.37. The molecule has 0 aliphatic carbocycles. The van der Waals surface area contributed by atoms with Crippen LogP contribution in [0.5, 0.6) is 0 Å². The molecule has 110 valence electrons. The van der Waals surface area contributed by atoms with Crippen molar-refractivity contribution in [2.24, 2.45) is 0 Å². The van der Waals surface area contributed by atoms with E-state index in [0.717, 1.165) is 28.9 Å². The smallest absolute Gasteiger partial charge is 0.117 e. The van der Waals surface area contributed by atoms with Gasteiger partial charge in [-0.05, 0) is 26.0 Å². The van der Waals surface area contributed by atoms with Crippen LogP contribution in [-0.2, 0) is 0 Å². The molecular formula is C16H20N4S. The van der Waals surface area contributed by atoms with Gasteiger partial charge in [-0.25, -0.2) is 9.97 Å². The van der Waals surface area contributed by atoms with Gasteiger partial charge >= 0.3 is 0 Å². The molecule has 2 atom stereocenters. The number of hydrogen-bond acceptors (Lipinski definition) is 5. The molecule has 5 heteroatoms. The van der Waals surface area contributed by atoms with Crippen LogP contribution in [0.3, 0.4) is 0 Å². The Morgan fingerprint density at radius 1 is 1.38 bits per heavy atom. The van der Waals surface area contributed by atoms with Gasteiger partial charge in [-0.1, -0.05) is 32.0 Å². The second-order valence-electron chi connectivity index (χ2n) is 5.30. The van der Waals surface area contributed by atoms with Crippen molar-refractivity contribution in [3.63, 3.8) is 0 Å². The van der Waals surface area contributed by atoms with Crippen molar-refractivity contribution in [2.75, 3.05) is 6.54 Å². The molecule has 21 heavy (non-hydrogen) atoms. The Kier molecular flexibility index (Phi) is 5.16. The fourth-order valence-corrected chi connectivity index (χ4v) is 3.63. The Hall–Kier alpha value is -1.64. The van der Waals surface area contributed by atoms with E-state index < -0.39 is 5.54 Å². The molecular weight excluding hydrogens is 280 g/mol. The van der Waals surface area contributed by atoms with Crippen molar-refractivity contribution in [3.05, 3.63) is 30.6 Å². The van der Waals surface area contributed by atoms with Gasteiger partial charge in [0.15, 0.2) is 0 Å². The van der Waals surface area contributed by atoms with Gasteiger partial charge in [-0.15, -0.1) is 11.8 Å². The van der Waals surface area contributed by atoms with Crippen molar-refractivity contribution < 1.29 is 0 Å². The fraction of sp³-hybridized carbons (Fsp3) is 0.438. The minimum atomic E-state index is -0.496. The molecule has 1 aromatic heterocycles. The molecule has 0 amide bonds. The highest BCUT2D eigenvalue weighted by atomic mass is 32.2. The molecule has 2 rings (SSSR count). The zero-order valence-corrected chi connectivity index (χ0v) is 13.4. The molecule has 0 bridgehead atoms. The Labute approximate surface area is 130 Å². The summed E-state index contributed by atoms with van der Waals surface area (Å²) in [5.41, 5.74) is 0.459. The van der Waals surface area contributed by atoms with Gasteiger partial charge < -0.3 is 0 Å². The van der Waals surface area contributed by atoms with E-state index in [-0.39, 0.29) is 5.25 Å². The second kappa shape index (κ2) is 6.88. The molecule has 1 N–H and O–H groups in total. The van der Waals surface area contributed by atoms with Crippen molar-refractivity contribution in [2.45, 2.75) is 43.0 Å². The third-order valence-corrected chi connectivity index (χ3v) is 4.45. The number of para-hydroxylation sites is 1. The summed E-state index contributed by atoms with van der Waals surface area (Å²) >= 11 is 1.70. The maximum absolute atomic E-state index is 9.36. The Balaban J connectivity index is 2.15. The van der Waals surface area contributed by atoms with Crippen LogP contribution in [0.1, 0.15) is 27.2 Å². The van der Waals surface area contributed by atoms with Gasteiger partial charge in [-0.2, -0.15) is 5.26 Å². The molecule has 1 aromatic carbocycles. The Morgan fingerprint density at radius 2 is 2.14 bits per heavy atom. The second-order valence-corrected chi connectivity index (χ2v) is 6.73. The fourth-order valence-electron chi connectivity index (χ4n) is 2.43. The molecule has 0 spiro atoms. The molecule has 1 heterocycles. The van der Waals surface area contributed by atoms with E-state index in [1.54, 1.807) is 18.1 Å². The number of rotatable bonds is 6. The zero-order valence-electron chi connectivity index (χ0n) is 12.6. The molecule has 0 fully saturated rings. The molecule has 0 saturated carbocycles. The number of fused-ring (bicyclic) bond motifs is 1. The van der Waals surface area contributed by atoms with Crippen LogP contribution in [-0.4, -0.2) is 27.3 Å². The largest absolute Gasteiger partial charge is 0.300 e. The maximum Gasteiger partial charge on any atom is 0.117 e. The molecule has 0 aliphatic heterocycles. The van der Waals surface area contributed by atoms with Crippen molar-refractivity contribution in [3.8, 4) is 6.07 Å². The predicted octanol–water partition coefficient (Wildman–Crippen LogP) is 3.39. The van der Waals surface area contributed by atoms with Gasteiger partial charge in [0.2, 0.25) is 0 Å². The number of nitrogens with one attached hydrogen (secondary N) is 1. The van der Waals surface area contributed by atoms with Crippen LogP contribution in [0.25, 0.3) is 10.9 Å². The molecule has 2 aromatic rings. The summed E-state index contributed by atoms with van der Waals surface area (Å²) < 4.78 is 0. The van der Waals surface area contributed by atoms with E-state index >= 15 is 0 Å². The lowest BCUT2D eigenvalue weighted by Crippen LogP contribution is -2.42. The van der Waals surface area contributed by atoms with Crippen molar-refractivity contribution in [1.82, 2.24) is 15.3 Å². The third-order valence-electron chi connectivity index (χ3n) is 3.33. The summed E-state index contributed by atoms with van der Waals surface area (Å²) in [6, 6.07) is 10.4. The number of thioether (sulfide) groups is 1. The van der Waals surface area contributed by atoms with E-state index in [1.807, 2.05) is 38.1 Å².